The molecular formula is C17H29N3O3. The fourth-order valence-electron chi connectivity index (χ4n) is 3.35. The minimum Gasteiger partial charge on any atom is -0.352 e. The first-order valence-corrected chi connectivity index (χ1v) is 8.94. The predicted molar refractivity (Wildman–Crippen MR) is 87.6 cm³/mol. The number of rotatable bonds is 5. The van der Waals surface area contributed by atoms with Crippen LogP contribution in [0.1, 0.15) is 58.3 Å². The molecule has 0 radical (unpaired) electrons. The highest BCUT2D eigenvalue weighted by Crippen LogP contribution is 2.17. The largest absolute Gasteiger partial charge is 0.352 e. The smallest absolute Gasteiger partial charge is 0.239 e. The van der Waals surface area contributed by atoms with E-state index in [0.29, 0.717) is 0 Å². The van der Waals surface area contributed by atoms with Crippen molar-refractivity contribution in [2.75, 3.05) is 19.6 Å². The van der Waals surface area contributed by atoms with E-state index in [1.165, 1.54) is 6.42 Å². The molecule has 2 aliphatic rings. The maximum Gasteiger partial charge on any atom is 0.239 e. The molecule has 1 heterocycles. The number of amides is 3. The third kappa shape index (κ3) is 5.52. The van der Waals surface area contributed by atoms with Gasteiger partial charge in [0.25, 0.3) is 0 Å². The molecule has 1 saturated heterocycles. The minimum atomic E-state index is -0.726. The van der Waals surface area contributed by atoms with Gasteiger partial charge in [-0.05, 0) is 39.0 Å². The average molecular weight is 323 g/mol. The first-order chi connectivity index (χ1) is 11.1. The molecule has 1 saturated carbocycles. The Morgan fingerprint density at radius 3 is 2.26 bits per heavy atom. The molecule has 1 aliphatic carbocycles. The van der Waals surface area contributed by atoms with Gasteiger partial charge in [0.15, 0.2) is 0 Å². The van der Waals surface area contributed by atoms with E-state index in [1.807, 2.05) is 0 Å². The van der Waals surface area contributed by atoms with Crippen molar-refractivity contribution in [3.05, 3.63) is 0 Å². The molecule has 2 N–H and O–H groups in total. The summed E-state index contributed by atoms with van der Waals surface area (Å²) in [5.74, 6) is -1.38. The summed E-state index contributed by atoms with van der Waals surface area (Å²) >= 11 is 0. The molecule has 130 valence electrons. The summed E-state index contributed by atoms with van der Waals surface area (Å²) in [6.07, 6.45) is 8.73. The van der Waals surface area contributed by atoms with Gasteiger partial charge in [-0.2, -0.15) is 0 Å². The highest BCUT2D eigenvalue weighted by Gasteiger charge is 2.27. The molecule has 0 aromatic carbocycles. The summed E-state index contributed by atoms with van der Waals surface area (Å²) < 4.78 is 0. The second-order valence-corrected chi connectivity index (χ2v) is 6.73. The predicted octanol–water partition coefficient (Wildman–Crippen LogP) is 1.20. The van der Waals surface area contributed by atoms with Gasteiger partial charge in [0.2, 0.25) is 17.7 Å². The molecule has 6 heteroatoms. The van der Waals surface area contributed by atoms with Crippen LogP contribution in [0.3, 0.4) is 0 Å². The van der Waals surface area contributed by atoms with Crippen LogP contribution in [0.2, 0.25) is 0 Å². The van der Waals surface area contributed by atoms with Crippen LogP contribution in [0, 0.1) is 5.92 Å². The lowest BCUT2D eigenvalue weighted by Gasteiger charge is -2.28. The Morgan fingerprint density at radius 2 is 1.61 bits per heavy atom. The van der Waals surface area contributed by atoms with E-state index < -0.39 is 5.92 Å². The second kappa shape index (κ2) is 8.89. The van der Waals surface area contributed by atoms with Gasteiger partial charge in [-0.15, -0.1) is 0 Å². The normalized spacial score (nSPS) is 20.7. The molecular weight excluding hydrogens is 294 g/mol. The summed E-state index contributed by atoms with van der Waals surface area (Å²) in [5.41, 5.74) is 0. The highest BCUT2D eigenvalue weighted by atomic mass is 16.2. The number of nitrogens with zero attached hydrogens (tertiary/aromatic N) is 1. The van der Waals surface area contributed by atoms with Crippen molar-refractivity contribution in [2.45, 2.75) is 64.3 Å². The first-order valence-electron chi connectivity index (χ1n) is 8.94. The van der Waals surface area contributed by atoms with Gasteiger partial charge in [-0.3, -0.25) is 14.4 Å². The van der Waals surface area contributed by atoms with Crippen LogP contribution in [0.15, 0.2) is 0 Å². The van der Waals surface area contributed by atoms with Gasteiger partial charge >= 0.3 is 0 Å². The SMILES string of the molecule is CC(C(=O)NCC(=O)NC1CCCCC1)C(=O)N1CCCCC1. The van der Waals surface area contributed by atoms with Crippen LogP contribution in [0.25, 0.3) is 0 Å². The van der Waals surface area contributed by atoms with Crippen molar-refractivity contribution < 1.29 is 14.4 Å². The van der Waals surface area contributed by atoms with E-state index in [0.717, 1.165) is 58.0 Å². The Morgan fingerprint density at radius 1 is 1.00 bits per heavy atom. The molecule has 1 aliphatic heterocycles. The molecule has 6 nitrogen and oxygen atoms in total. The fraction of sp³-hybridized carbons (Fsp3) is 0.824. The summed E-state index contributed by atoms with van der Waals surface area (Å²) in [6.45, 7) is 3.04. The van der Waals surface area contributed by atoms with E-state index in [2.05, 4.69) is 10.6 Å². The lowest BCUT2D eigenvalue weighted by atomic mass is 9.95. The third-order valence-corrected chi connectivity index (χ3v) is 4.82. The molecule has 0 spiro atoms. The van der Waals surface area contributed by atoms with Crippen molar-refractivity contribution >= 4 is 17.7 Å². The third-order valence-electron chi connectivity index (χ3n) is 4.82. The number of piperidine rings is 1. The fourth-order valence-corrected chi connectivity index (χ4v) is 3.35. The molecule has 0 aromatic rings. The Balaban J connectivity index is 1.70. The van der Waals surface area contributed by atoms with E-state index >= 15 is 0 Å². The average Bonchev–Trinajstić information content (AvgIpc) is 2.60. The number of hydrogen-bond acceptors (Lipinski definition) is 3. The number of nitrogens with one attached hydrogen (secondary N) is 2. The standard InChI is InChI=1S/C17H29N3O3/c1-13(17(23)20-10-6-3-7-11-20)16(22)18-12-15(21)19-14-8-4-2-5-9-14/h13-14H,2-12H2,1H3,(H,18,22)(H,19,21). The summed E-state index contributed by atoms with van der Waals surface area (Å²) in [5, 5.41) is 5.55. The van der Waals surface area contributed by atoms with Crippen molar-refractivity contribution in [3.8, 4) is 0 Å². The van der Waals surface area contributed by atoms with Crippen LogP contribution in [-0.4, -0.2) is 48.3 Å². The molecule has 1 atom stereocenters. The molecule has 2 rings (SSSR count). The maximum absolute atomic E-state index is 12.3. The number of carbonyl (C=O) groups excluding carboxylic acids is 3. The quantitative estimate of drug-likeness (QED) is 0.746. The molecule has 0 bridgehead atoms. The van der Waals surface area contributed by atoms with Crippen LogP contribution in [0.4, 0.5) is 0 Å². The van der Waals surface area contributed by atoms with E-state index in [9.17, 15) is 14.4 Å². The van der Waals surface area contributed by atoms with Crippen LogP contribution >= 0.6 is 0 Å². The number of hydrogen-bond donors (Lipinski definition) is 2. The van der Waals surface area contributed by atoms with Gasteiger partial charge in [0.05, 0.1) is 6.54 Å². The van der Waals surface area contributed by atoms with Crippen molar-refractivity contribution in [1.29, 1.82) is 0 Å². The van der Waals surface area contributed by atoms with Crippen molar-refractivity contribution in [3.63, 3.8) is 0 Å². The Labute approximate surface area is 138 Å². The van der Waals surface area contributed by atoms with Gasteiger partial charge in [0, 0.05) is 19.1 Å². The van der Waals surface area contributed by atoms with Crippen LogP contribution < -0.4 is 10.6 Å². The minimum absolute atomic E-state index is 0.0487. The van der Waals surface area contributed by atoms with Gasteiger partial charge < -0.3 is 15.5 Å². The van der Waals surface area contributed by atoms with Crippen LogP contribution in [0.5, 0.6) is 0 Å². The lowest BCUT2D eigenvalue weighted by Crippen LogP contribution is -2.47. The number of likely N-dealkylation sites (tertiary alicyclic amines) is 1. The molecule has 2 fully saturated rings. The van der Waals surface area contributed by atoms with E-state index in [4.69, 9.17) is 0 Å². The van der Waals surface area contributed by atoms with Crippen molar-refractivity contribution in [1.82, 2.24) is 15.5 Å². The summed E-state index contributed by atoms with van der Waals surface area (Å²) in [6, 6.07) is 0.237. The van der Waals surface area contributed by atoms with Gasteiger partial charge in [0.1, 0.15) is 5.92 Å². The Hall–Kier alpha value is -1.59. The zero-order valence-corrected chi connectivity index (χ0v) is 14.1. The zero-order valence-electron chi connectivity index (χ0n) is 14.1. The van der Waals surface area contributed by atoms with Crippen molar-refractivity contribution in [2.24, 2.45) is 5.92 Å². The summed E-state index contributed by atoms with van der Waals surface area (Å²) in [7, 11) is 0. The second-order valence-electron chi connectivity index (χ2n) is 6.73. The monoisotopic (exact) mass is 323 g/mol. The molecule has 23 heavy (non-hydrogen) atoms. The van der Waals surface area contributed by atoms with Crippen LogP contribution in [-0.2, 0) is 14.4 Å². The molecule has 1 unspecified atom stereocenters. The maximum atomic E-state index is 12.3. The lowest BCUT2D eigenvalue weighted by molar-refractivity contribution is -0.142. The van der Waals surface area contributed by atoms with E-state index in [-0.39, 0.29) is 30.3 Å². The first kappa shape index (κ1) is 17.8. The molecule has 0 aromatic heterocycles. The Bertz CT molecular complexity index is 427. The highest BCUT2D eigenvalue weighted by molar-refractivity contribution is 6.00. The summed E-state index contributed by atoms with van der Waals surface area (Å²) in [4.78, 5) is 38.0. The molecule has 3 amide bonds. The topological polar surface area (TPSA) is 78.5 Å². The zero-order chi connectivity index (χ0) is 16.7. The number of carbonyl (C=O) groups is 3. The van der Waals surface area contributed by atoms with Gasteiger partial charge in [-0.25, -0.2) is 0 Å². The van der Waals surface area contributed by atoms with E-state index in [1.54, 1.807) is 11.8 Å². The van der Waals surface area contributed by atoms with Gasteiger partial charge in [-0.1, -0.05) is 19.3 Å². The Kier molecular flexibility index (Phi) is 6.86.